The second-order valence-corrected chi connectivity index (χ2v) is 8.09. The standard InChI is InChI=1S/C15H23BrN2O2S/c1-15(2,21-13-6-4-11(16)5-7-13)10-18-14(19)8-12(9-17)20-3/h4-7,12H,8-10,17H2,1-3H3,(H,18,19). The van der Waals surface area contributed by atoms with Crippen molar-refractivity contribution in [1.29, 1.82) is 0 Å². The molecule has 1 aromatic carbocycles. The SMILES string of the molecule is COC(CN)CC(=O)NCC(C)(C)Sc1ccc(Br)cc1. The Bertz CT molecular complexity index is 447. The van der Waals surface area contributed by atoms with Gasteiger partial charge in [-0.15, -0.1) is 11.8 Å². The molecule has 0 saturated carbocycles. The van der Waals surface area contributed by atoms with Gasteiger partial charge in [-0.1, -0.05) is 15.9 Å². The largest absolute Gasteiger partial charge is 0.380 e. The van der Waals surface area contributed by atoms with E-state index in [1.165, 1.54) is 4.90 Å². The summed E-state index contributed by atoms with van der Waals surface area (Å²) in [5.74, 6) is -0.0308. The Morgan fingerprint density at radius 3 is 2.57 bits per heavy atom. The second kappa shape index (κ2) is 8.78. The predicted molar refractivity (Wildman–Crippen MR) is 91.6 cm³/mol. The molecule has 6 heteroatoms. The molecule has 0 aliphatic carbocycles. The molecule has 0 heterocycles. The molecule has 118 valence electrons. The molecule has 21 heavy (non-hydrogen) atoms. The van der Waals surface area contributed by atoms with Crippen molar-refractivity contribution < 1.29 is 9.53 Å². The van der Waals surface area contributed by atoms with E-state index < -0.39 is 0 Å². The average Bonchev–Trinajstić information content (AvgIpc) is 2.45. The fourth-order valence-electron chi connectivity index (χ4n) is 1.71. The Labute approximate surface area is 139 Å². The molecule has 1 rings (SSSR count). The summed E-state index contributed by atoms with van der Waals surface area (Å²) < 4.78 is 6.09. The molecule has 0 saturated heterocycles. The van der Waals surface area contributed by atoms with Crippen molar-refractivity contribution in [3.63, 3.8) is 0 Å². The Balaban J connectivity index is 2.45. The van der Waals surface area contributed by atoms with Crippen LogP contribution in [0.2, 0.25) is 0 Å². The van der Waals surface area contributed by atoms with Gasteiger partial charge in [-0.2, -0.15) is 0 Å². The van der Waals surface area contributed by atoms with E-state index in [1.54, 1.807) is 18.9 Å². The number of thioether (sulfide) groups is 1. The maximum absolute atomic E-state index is 11.9. The molecule has 1 unspecified atom stereocenters. The number of nitrogens with two attached hydrogens (primary N) is 1. The van der Waals surface area contributed by atoms with Gasteiger partial charge in [-0.25, -0.2) is 0 Å². The monoisotopic (exact) mass is 374 g/mol. The van der Waals surface area contributed by atoms with Crippen LogP contribution in [0.15, 0.2) is 33.6 Å². The molecule has 0 aromatic heterocycles. The summed E-state index contributed by atoms with van der Waals surface area (Å²) in [5, 5.41) is 2.95. The summed E-state index contributed by atoms with van der Waals surface area (Å²) in [6.45, 7) is 5.15. The van der Waals surface area contributed by atoms with E-state index in [9.17, 15) is 4.79 Å². The zero-order valence-electron chi connectivity index (χ0n) is 12.7. The van der Waals surface area contributed by atoms with Crippen LogP contribution in [0, 0.1) is 0 Å². The Morgan fingerprint density at radius 1 is 1.43 bits per heavy atom. The molecule has 0 bridgehead atoms. The Hall–Kier alpha value is -0.560. The van der Waals surface area contributed by atoms with Crippen molar-refractivity contribution in [3.8, 4) is 0 Å². The molecule has 0 spiro atoms. The summed E-state index contributed by atoms with van der Waals surface area (Å²) >= 11 is 5.16. The van der Waals surface area contributed by atoms with Crippen LogP contribution in [0.5, 0.6) is 0 Å². The number of nitrogens with one attached hydrogen (secondary N) is 1. The smallest absolute Gasteiger partial charge is 0.222 e. The lowest BCUT2D eigenvalue weighted by atomic mass is 10.2. The van der Waals surface area contributed by atoms with Gasteiger partial charge in [-0.05, 0) is 38.1 Å². The van der Waals surface area contributed by atoms with E-state index in [0.717, 1.165) is 4.47 Å². The van der Waals surface area contributed by atoms with Crippen LogP contribution in [0.25, 0.3) is 0 Å². The minimum Gasteiger partial charge on any atom is -0.380 e. The fourth-order valence-corrected chi connectivity index (χ4v) is 3.03. The zero-order valence-corrected chi connectivity index (χ0v) is 15.1. The molecule has 1 aromatic rings. The van der Waals surface area contributed by atoms with Gasteiger partial charge in [0, 0.05) is 34.3 Å². The van der Waals surface area contributed by atoms with Crippen LogP contribution in [-0.4, -0.2) is 37.0 Å². The van der Waals surface area contributed by atoms with Crippen LogP contribution >= 0.6 is 27.7 Å². The van der Waals surface area contributed by atoms with Gasteiger partial charge in [0.1, 0.15) is 0 Å². The van der Waals surface area contributed by atoms with Crippen molar-refractivity contribution in [3.05, 3.63) is 28.7 Å². The molecular formula is C15H23BrN2O2S. The molecule has 3 N–H and O–H groups in total. The molecular weight excluding hydrogens is 352 g/mol. The zero-order chi connectivity index (χ0) is 15.9. The third-order valence-corrected chi connectivity index (χ3v) is 4.66. The first-order valence-corrected chi connectivity index (χ1v) is 8.41. The third kappa shape index (κ3) is 7.31. The summed E-state index contributed by atoms with van der Waals surface area (Å²) in [7, 11) is 1.57. The molecule has 0 fully saturated rings. The average molecular weight is 375 g/mol. The number of hydrogen-bond acceptors (Lipinski definition) is 4. The highest BCUT2D eigenvalue weighted by molar-refractivity contribution is 9.10. The van der Waals surface area contributed by atoms with Crippen molar-refractivity contribution in [2.45, 2.75) is 36.0 Å². The van der Waals surface area contributed by atoms with E-state index in [0.29, 0.717) is 19.5 Å². The number of rotatable bonds is 8. The summed E-state index contributed by atoms with van der Waals surface area (Å²) in [6, 6.07) is 8.16. The Kier molecular flexibility index (Phi) is 7.73. The maximum Gasteiger partial charge on any atom is 0.222 e. The summed E-state index contributed by atoms with van der Waals surface area (Å²) in [5.41, 5.74) is 5.51. The first-order chi connectivity index (χ1) is 9.86. The minimum atomic E-state index is -0.216. The van der Waals surface area contributed by atoms with Crippen LogP contribution in [0.1, 0.15) is 20.3 Å². The van der Waals surface area contributed by atoms with E-state index in [-0.39, 0.29) is 16.8 Å². The van der Waals surface area contributed by atoms with Crippen LogP contribution in [0.3, 0.4) is 0 Å². The van der Waals surface area contributed by atoms with Gasteiger partial charge in [0.15, 0.2) is 0 Å². The van der Waals surface area contributed by atoms with E-state index in [1.807, 2.05) is 12.1 Å². The third-order valence-electron chi connectivity index (χ3n) is 2.93. The number of methoxy groups -OCH3 is 1. The highest BCUT2D eigenvalue weighted by Crippen LogP contribution is 2.32. The van der Waals surface area contributed by atoms with Gasteiger partial charge >= 0.3 is 0 Å². The maximum atomic E-state index is 11.9. The van der Waals surface area contributed by atoms with Crippen molar-refractivity contribution in [2.24, 2.45) is 5.73 Å². The van der Waals surface area contributed by atoms with Crippen LogP contribution < -0.4 is 11.1 Å². The normalized spacial score (nSPS) is 13.0. The molecule has 0 aliphatic rings. The lowest BCUT2D eigenvalue weighted by Gasteiger charge is -2.25. The van der Waals surface area contributed by atoms with E-state index in [2.05, 4.69) is 47.2 Å². The summed E-state index contributed by atoms with van der Waals surface area (Å²) in [6.07, 6.45) is 0.0821. The van der Waals surface area contributed by atoms with Gasteiger partial charge in [0.05, 0.1) is 12.5 Å². The van der Waals surface area contributed by atoms with Crippen molar-refractivity contribution >= 4 is 33.6 Å². The predicted octanol–water partition coefficient (Wildman–Crippen LogP) is 2.80. The lowest BCUT2D eigenvalue weighted by molar-refractivity contribution is -0.123. The molecule has 0 radical (unpaired) electrons. The number of carbonyl (C=O) groups excluding carboxylic acids is 1. The first-order valence-electron chi connectivity index (χ1n) is 6.80. The Morgan fingerprint density at radius 2 is 2.05 bits per heavy atom. The number of carbonyl (C=O) groups is 1. The topological polar surface area (TPSA) is 64.3 Å². The number of benzene rings is 1. The molecule has 0 aliphatic heterocycles. The quantitative estimate of drug-likeness (QED) is 0.686. The van der Waals surface area contributed by atoms with E-state index >= 15 is 0 Å². The van der Waals surface area contributed by atoms with Gasteiger partial charge in [-0.3, -0.25) is 4.79 Å². The van der Waals surface area contributed by atoms with Gasteiger partial charge < -0.3 is 15.8 Å². The molecule has 4 nitrogen and oxygen atoms in total. The van der Waals surface area contributed by atoms with E-state index in [4.69, 9.17) is 10.5 Å². The first kappa shape index (κ1) is 18.5. The highest BCUT2D eigenvalue weighted by atomic mass is 79.9. The van der Waals surface area contributed by atoms with Crippen molar-refractivity contribution in [2.75, 3.05) is 20.2 Å². The minimum absolute atomic E-state index is 0.0308. The van der Waals surface area contributed by atoms with Gasteiger partial charge in [0.25, 0.3) is 0 Å². The van der Waals surface area contributed by atoms with Crippen molar-refractivity contribution in [1.82, 2.24) is 5.32 Å². The molecule has 1 amide bonds. The highest BCUT2D eigenvalue weighted by Gasteiger charge is 2.21. The lowest BCUT2D eigenvalue weighted by Crippen LogP contribution is -2.38. The van der Waals surface area contributed by atoms with Crippen LogP contribution in [-0.2, 0) is 9.53 Å². The fraction of sp³-hybridized carbons (Fsp3) is 0.533. The van der Waals surface area contributed by atoms with Gasteiger partial charge in [0.2, 0.25) is 5.91 Å². The number of hydrogen-bond donors (Lipinski definition) is 2. The number of ether oxygens (including phenoxy) is 1. The number of amides is 1. The summed E-state index contributed by atoms with van der Waals surface area (Å²) in [4.78, 5) is 13.0. The second-order valence-electron chi connectivity index (χ2n) is 5.39. The van der Waals surface area contributed by atoms with Crippen LogP contribution in [0.4, 0.5) is 0 Å². The number of halogens is 1. The molecule has 1 atom stereocenters.